The van der Waals surface area contributed by atoms with E-state index in [1.165, 1.54) is 31.3 Å². The number of piperidine rings is 1. The van der Waals surface area contributed by atoms with Crippen molar-refractivity contribution < 1.29 is 0 Å². The lowest BCUT2D eigenvalue weighted by atomic mass is 9.82. The minimum absolute atomic E-state index is 0.529. The molecule has 0 saturated carbocycles. The zero-order valence-corrected chi connectivity index (χ0v) is 10.3. The first kappa shape index (κ1) is 11.2. The van der Waals surface area contributed by atoms with Crippen LogP contribution in [0, 0.1) is 5.92 Å². The van der Waals surface area contributed by atoms with Gasteiger partial charge in [-0.1, -0.05) is 12.2 Å². The molecule has 2 heterocycles. The van der Waals surface area contributed by atoms with E-state index in [1.807, 2.05) is 0 Å². The molecule has 0 aliphatic carbocycles. The Morgan fingerprint density at radius 3 is 2.27 bits per heavy atom. The van der Waals surface area contributed by atoms with Crippen molar-refractivity contribution in [2.24, 2.45) is 5.92 Å². The number of likely N-dealkylation sites (N-methyl/N-ethyl adjacent to an activating group) is 1. The van der Waals surface area contributed by atoms with Crippen LogP contribution in [0.2, 0.25) is 0 Å². The molecule has 0 amide bonds. The number of hydrogen-bond acceptors (Lipinski definition) is 2. The lowest BCUT2D eigenvalue weighted by Crippen LogP contribution is -2.46. The highest BCUT2D eigenvalue weighted by Gasteiger charge is 2.40. The van der Waals surface area contributed by atoms with Crippen molar-refractivity contribution in [2.75, 3.05) is 14.1 Å². The fourth-order valence-corrected chi connectivity index (χ4v) is 3.61. The molecule has 2 aliphatic heterocycles. The van der Waals surface area contributed by atoms with Gasteiger partial charge in [0.05, 0.1) is 0 Å². The molecule has 1 N–H and O–H groups in total. The van der Waals surface area contributed by atoms with Crippen LogP contribution in [0.1, 0.15) is 32.6 Å². The molecule has 3 unspecified atom stereocenters. The lowest BCUT2D eigenvalue weighted by Gasteiger charge is -2.40. The van der Waals surface area contributed by atoms with Crippen LogP contribution in [0.25, 0.3) is 0 Å². The van der Waals surface area contributed by atoms with Crippen LogP contribution in [-0.4, -0.2) is 37.1 Å². The van der Waals surface area contributed by atoms with Crippen LogP contribution in [-0.2, 0) is 0 Å². The van der Waals surface area contributed by atoms with E-state index >= 15 is 0 Å². The van der Waals surface area contributed by atoms with Gasteiger partial charge < -0.3 is 10.2 Å². The molecule has 2 bridgehead atoms. The van der Waals surface area contributed by atoms with Gasteiger partial charge >= 0.3 is 0 Å². The van der Waals surface area contributed by atoms with E-state index in [0.29, 0.717) is 6.04 Å². The first-order valence-electron chi connectivity index (χ1n) is 6.18. The first-order valence-corrected chi connectivity index (χ1v) is 6.18. The van der Waals surface area contributed by atoms with E-state index in [1.54, 1.807) is 0 Å². The molecule has 2 heteroatoms. The monoisotopic (exact) mass is 208 g/mol. The van der Waals surface area contributed by atoms with E-state index < -0.39 is 0 Å². The van der Waals surface area contributed by atoms with Gasteiger partial charge in [0, 0.05) is 18.1 Å². The molecule has 86 valence electrons. The second kappa shape index (κ2) is 4.26. The minimum atomic E-state index is 0.529. The molecular weight excluding hydrogens is 184 g/mol. The van der Waals surface area contributed by atoms with Gasteiger partial charge in [-0.05, 0) is 52.6 Å². The Labute approximate surface area is 93.7 Å². The second-order valence-electron chi connectivity index (χ2n) is 5.39. The summed E-state index contributed by atoms with van der Waals surface area (Å²) in [7, 11) is 4.37. The highest BCUT2D eigenvalue weighted by atomic mass is 15.2. The Hall–Kier alpha value is -0.340. The Morgan fingerprint density at radius 1 is 1.33 bits per heavy atom. The molecular formula is C13H24N2. The number of hydrogen-bond donors (Lipinski definition) is 1. The molecule has 0 aromatic carbocycles. The SMILES string of the molecule is C=C(C)C(NC)C1CC2CCC(C1)N2C. The summed E-state index contributed by atoms with van der Waals surface area (Å²) in [5.41, 5.74) is 1.30. The average Bonchev–Trinajstić information content (AvgIpc) is 2.43. The molecule has 15 heavy (non-hydrogen) atoms. The summed E-state index contributed by atoms with van der Waals surface area (Å²) < 4.78 is 0. The molecule has 2 aliphatic rings. The fraction of sp³-hybridized carbons (Fsp3) is 0.846. The lowest BCUT2D eigenvalue weighted by molar-refractivity contribution is 0.121. The summed E-state index contributed by atoms with van der Waals surface area (Å²) in [5, 5.41) is 3.44. The average molecular weight is 208 g/mol. The van der Waals surface area contributed by atoms with Gasteiger partial charge in [-0.2, -0.15) is 0 Å². The molecule has 0 aromatic rings. The minimum Gasteiger partial charge on any atom is -0.313 e. The van der Waals surface area contributed by atoms with Crippen LogP contribution in [0.3, 0.4) is 0 Å². The van der Waals surface area contributed by atoms with E-state index in [4.69, 9.17) is 0 Å². The number of rotatable bonds is 3. The van der Waals surface area contributed by atoms with Crippen molar-refractivity contribution in [3.05, 3.63) is 12.2 Å². The summed E-state index contributed by atoms with van der Waals surface area (Å²) in [5.74, 6) is 0.807. The second-order valence-corrected chi connectivity index (χ2v) is 5.39. The zero-order valence-electron chi connectivity index (χ0n) is 10.3. The van der Waals surface area contributed by atoms with Crippen LogP contribution in [0.15, 0.2) is 12.2 Å². The maximum absolute atomic E-state index is 4.11. The van der Waals surface area contributed by atoms with Crippen molar-refractivity contribution >= 4 is 0 Å². The van der Waals surface area contributed by atoms with Crippen LogP contribution in [0.5, 0.6) is 0 Å². The van der Waals surface area contributed by atoms with E-state index in [0.717, 1.165) is 18.0 Å². The van der Waals surface area contributed by atoms with Gasteiger partial charge in [-0.3, -0.25) is 0 Å². The molecule has 3 atom stereocenters. The van der Waals surface area contributed by atoms with Crippen molar-refractivity contribution in [2.45, 2.75) is 50.7 Å². The summed E-state index contributed by atoms with van der Waals surface area (Å²) in [6.07, 6.45) is 5.52. The van der Waals surface area contributed by atoms with Crippen LogP contribution < -0.4 is 5.32 Å². The Morgan fingerprint density at radius 2 is 1.87 bits per heavy atom. The Kier molecular flexibility index (Phi) is 3.17. The van der Waals surface area contributed by atoms with E-state index in [-0.39, 0.29) is 0 Å². The van der Waals surface area contributed by atoms with Gasteiger partial charge in [0.15, 0.2) is 0 Å². The zero-order chi connectivity index (χ0) is 11.0. The highest BCUT2D eigenvalue weighted by molar-refractivity contribution is 5.08. The molecule has 2 fully saturated rings. The largest absolute Gasteiger partial charge is 0.313 e. The third-order valence-corrected chi connectivity index (χ3v) is 4.45. The van der Waals surface area contributed by atoms with E-state index in [9.17, 15) is 0 Å². The summed E-state index contributed by atoms with van der Waals surface area (Å²) in [4.78, 5) is 2.60. The van der Waals surface area contributed by atoms with Gasteiger partial charge in [0.2, 0.25) is 0 Å². The van der Waals surface area contributed by atoms with Crippen molar-refractivity contribution in [1.82, 2.24) is 10.2 Å². The maximum Gasteiger partial charge on any atom is 0.0300 e. The first-order chi connectivity index (χ1) is 7.13. The summed E-state index contributed by atoms with van der Waals surface area (Å²) >= 11 is 0. The molecule has 0 spiro atoms. The normalized spacial score (nSPS) is 37.9. The van der Waals surface area contributed by atoms with Crippen LogP contribution >= 0.6 is 0 Å². The predicted octanol–water partition coefficient (Wildman–Crippen LogP) is 2.02. The van der Waals surface area contributed by atoms with Crippen molar-refractivity contribution in [1.29, 1.82) is 0 Å². The molecule has 2 nitrogen and oxygen atoms in total. The predicted molar refractivity (Wildman–Crippen MR) is 65.0 cm³/mol. The van der Waals surface area contributed by atoms with Gasteiger partial charge in [-0.15, -0.1) is 0 Å². The Balaban J connectivity index is 2.04. The Bertz CT molecular complexity index is 235. The third-order valence-electron chi connectivity index (χ3n) is 4.45. The number of nitrogens with one attached hydrogen (secondary N) is 1. The quantitative estimate of drug-likeness (QED) is 0.714. The summed E-state index contributed by atoms with van der Waals surface area (Å²) in [6, 6.07) is 2.20. The molecule has 0 radical (unpaired) electrons. The van der Waals surface area contributed by atoms with Crippen molar-refractivity contribution in [3.63, 3.8) is 0 Å². The van der Waals surface area contributed by atoms with Gasteiger partial charge in [0.1, 0.15) is 0 Å². The van der Waals surface area contributed by atoms with Gasteiger partial charge in [0.25, 0.3) is 0 Å². The van der Waals surface area contributed by atoms with E-state index in [2.05, 4.69) is 37.8 Å². The molecule has 0 aromatic heterocycles. The topological polar surface area (TPSA) is 15.3 Å². The number of fused-ring (bicyclic) bond motifs is 2. The molecule has 2 rings (SSSR count). The third kappa shape index (κ3) is 1.98. The van der Waals surface area contributed by atoms with Crippen LogP contribution in [0.4, 0.5) is 0 Å². The van der Waals surface area contributed by atoms with Gasteiger partial charge in [-0.25, -0.2) is 0 Å². The highest BCUT2D eigenvalue weighted by Crippen LogP contribution is 2.39. The maximum atomic E-state index is 4.11. The standard InChI is InChI=1S/C13H24N2/c1-9(2)13(14-3)10-7-11-5-6-12(8-10)15(11)4/h10-14H,1,5-8H2,2-4H3. The van der Waals surface area contributed by atoms with Crippen molar-refractivity contribution in [3.8, 4) is 0 Å². The fourth-order valence-electron chi connectivity index (χ4n) is 3.61. The summed E-state index contributed by atoms with van der Waals surface area (Å²) in [6.45, 7) is 6.27. The smallest absolute Gasteiger partial charge is 0.0300 e. The number of nitrogens with zero attached hydrogens (tertiary/aromatic N) is 1. The molecule has 2 saturated heterocycles.